The first-order valence-electron chi connectivity index (χ1n) is 8.65. The summed E-state index contributed by atoms with van der Waals surface area (Å²) in [4.78, 5) is 12.3. The maximum absolute atomic E-state index is 12.3. The average molecular weight is 403 g/mol. The molecule has 2 aliphatic rings. The molecule has 1 fully saturated rings. The minimum atomic E-state index is -3.17. The van der Waals surface area contributed by atoms with Crippen molar-refractivity contribution in [3.8, 4) is 11.5 Å². The van der Waals surface area contributed by atoms with Crippen LogP contribution in [0.1, 0.15) is 18.4 Å². The Bertz CT molecular complexity index is 776. The van der Waals surface area contributed by atoms with Crippen molar-refractivity contribution in [1.29, 1.82) is 0 Å². The van der Waals surface area contributed by atoms with Crippen LogP contribution < -0.4 is 14.8 Å². The van der Waals surface area contributed by atoms with Gasteiger partial charge in [-0.15, -0.1) is 0 Å². The van der Waals surface area contributed by atoms with Crippen molar-refractivity contribution in [3.63, 3.8) is 0 Å². The van der Waals surface area contributed by atoms with E-state index in [1.807, 2.05) is 12.1 Å². The normalized spacial score (nSPS) is 18.5. The average Bonchev–Trinajstić information content (AvgIpc) is 2.61. The van der Waals surface area contributed by atoms with Crippen LogP contribution >= 0.6 is 11.6 Å². The van der Waals surface area contributed by atoms with Crippen LogP contribution in [0.5, 0.6) is 11.5 Å². The van der Waals surface area contributed by atoms with E-state index < -0.39 is 10.0 Å². The molecule has 1 aromatic rings. The number of halogens is 1. The molecule has 0 unspecified atom stereocenters. The molecule has 144 valence electrons. The summed E-state index contributed by atoms with van der Waals surface area (Å²) < 4.78 is 35.5. The first kappa shape index (κ1) is 19.3. The SMILES string of the molecule is CS(=O)(=O)N1CCC(C(=O)NCCc2cc(Cl)c3c(c2)OCCO3)CC1. The maximum Gasteiger partial charge on any atom is 0.223 e. The lowest BCUT2D eigenvalue weighted by atomic mass is 9.97. The zero-order valence-corrected chi connectivity index (χ0v) is 16.2. The van der Waals surface area contributed by atoms with Crippen molar-refractivity contribution in [2.45, 2.75) is 19.3 Å². The van der Waals surface area contributed by atoms with E-state index in [0.717, 1.165) is 5.56 Å². The maximum atomic E-state index is 12.3. The van der Waals surface area contributed by atoms with E-state index in [0.29, 0.717) is 68.6 Å². The molecule has 0 radical (unpaired) electrons. The van der Waals surface area contributed by atoms with E-state index in [-0.39, 0.29) is 11.8 Å². The lowest BCUT2D eigenvalue weighted by molar-refractivity contribution is -0.126. The minimum Gasteiger partial charge on any atom is -0.486 e. The molecule has 0 aliphatic carbocycles. The van der Waals surface area contributed by atoms with E-state index in [2.05, 4.69) is 5.32 Å². The first-order valence-corrected chi connectivity index (χ1v) is 10.9. The Balaban J connectivity index is 1.48. The van der Waals surface area contributed by atoms with Gasteiger partial charge in [-0.2, -0.15) is 0 Å². The highest BCUT2D eigenvalue weighted by Crippen LogP contribution is 2.38. The standard InChI is InChI=1S/C17H23ClN2O5S/c1-26(22,23)20-6-3-13(4-7-20)17(21)19-5-2-12-10-14(18)16-15(11-12)24-8-9-25-16/h10-11,13H,2-9H2,1H3,(H,19,21). The van der Waals surface area contributed by atoms with Gasteiger partial charge in [0.2, 0.25) is 15.9 Å². The van der Waals surface area contributed by atoms with E-state index in [1.54, 1.807) is 0 Å². The van der Waals surface area contributed by atoms with Crippen molar-refractivity contribution in [2.24, 2.45) is 5.92 Å². The highest BCUT2D eigenvalue weighted by atomic mass is 35.5. The number of nitrogens with zero attached hydrogens (tertiary/aromatic N) is 1. The van der Waals surface area contributed by atoms with Gasteiger partial charge in [-0.3, -0.25) is 4.79 Å². The van der Waals surface area contributed by atoms with Gasteiger partial charge < -0.3 is 14.8 Å². The van der Waals surface area contributed by atoms with Crippen molar-refractivity contribution in [1.82, 2.24) is 9.62 Å². The molecule has 0 saturated carbocycles. The molecule has 0 spiro atoms. The second-order valence-corrected chi connectivity index (χ2v) is 8.97. The Labute approximate surface area is 158 Å². The quantitative estimate of drug-likeness (QED) is 0.805. The van der Waals surface area contributed by atoms with Crippen LogP contribution in [-0.2, 0) is 21.2 Å². The van der Waals surface area contributed by atoms with Crippen LogP contribution in [0.3, 0.4) is 0 Å². The van der Waals surface area contributed by atoms with Gasteiger partial charge in [0, 0.05) is 25.6 Å². The van der Waals surface area contributed by atoms with Gasteiger partial charge in [0.1, 0.15) is 13.2 Å². The summed E-state index contributed by atoms with van der Waals surface area (Å²) in [5.74, 6) is 1.04. The number of hydrogen-bond donors (Lipinski definition) is 1. The topological polar surface area (TPSA) is 84.9 Å². The number of ether oxygens (including phenoxy) is 2. The first-order chi connectivity index (χ1) is 12.3. The van der Waals surface area contributed by atoms with Crippen molar-refractivity contribution >= 4 is 27.5 Å². The summed E-state index contributed by atoms with van der Waals surface area (Å²) in [5, 5.41) is 3.44. The molecule has 0 bridgehead atoms. The Morgan fingerprint density at radius 1 is 1.27 bits per heavy atom. The molecule has 2 aliphatic heterocycles. The number of fused-ring (bicyclic) bond motifs is 1. The van der Waals surface area contributed by atoms with E-state index in [4.69, 9.17) is 21.1 Å². The molecule has 9 heteroatoms. The number of carbonyl (C=O) groups is 1. The Morgan fingerprint density at radius 2 is 1.96 bits per heavy atom. The molecule has 26 heavy (non-hydrogen) atoms. The highest BCUT2D eigenvalue weighted by molar-refractivity contribution is 7.88. The van der Waals surface area contributed by atoms with Gasteiger partial charge in [0.05, 0.1) is 11.3 Å². The molecule has 1 aromatic carbocycles. The molecule has 2 heterocycles. The highest BCUT2D eigenvalue weighted by Gasteiger charge is 2.28. The Kier molecular flexibility index (Phi) is 5.94. The van der Waals surface area contributed by atoms with Gasteiger partial charge in [0.15, 0.2) is 11.5 Å². The lowest BCUT2D eigenvalue weighted by Gasteiger charge is -2.29. The third-order valence-corrected chi connectivity index (χ3v) is 6.25. The van der Waals surface area contributed by atoms with Crippen molar-refractivity contribution in [3.05, 3.63) is 22.7 Å². The van der Waals surface area contributed by atoms with Crippen LogP contribution in [0.25, 0.3) is 0 Å². The predicted molar refractivity (Wildman–Crippen MR) is 98.3 cm³/mol. The van der Waals surface area contributed by atoms with Gasteiger partial charge in [-0.1, -0.05) is 11.6 Å². The summed E-state index contributed by atoms with van der Waals surface area (Å²) >= 11 is 6.21. The number of rotatable bonds is 5. The third-order valence-electron chi connectivity index (χ3n) is 4.66. The molecule has 1 amide bonds. The zero-order valence-electron chi connectivity index (χ0n) is 14.7. The summed E-state index contributed by atoms with van der Waals surface area (Å²) in [6.07, 6.45) is 2.93. The summed E-state index contributed by atoms with van der Waals surface area (Å²) in [5.41, 5.74) is 0.964. The van der Waals surface area contributed by atoms with Gasteiger partial charge in [-0.05, 0) is 37.0 Å². The fourth-order valence-corrected chi connectivity index (χ4v) is 4.39. The largest absolute Gasteiger partial charge is 0.486 e. The van der Waals surface area contributed by atoms with Gasteiger partial charge >= 0.3 is 0 Å². The summed E-state index contributed by atoms with van der Waals surface area (Å²) in [7, 11) is -3.17. The molecule has 0 aromatic heterocycles. The van der Waals surface area contributed by atoms with Crippen molar-refractivity contribution < 1.29 is 22.7 Å². The number of sulfonamides is 1. The van der Waals surface area contributed by atoms with Gasteiger partial charge in [-0.25, -0.2) is 12.7 Å². The number of benzene rings is 1. The second kappa shape index (κ2) is 8.02. The third kappa shape index (κ3) is 4.61. The van der Waals surface area contributed by atoms with E-state index in [9.17, 15) is 13.2 Å². The number of amides is 1. The van der Waals surface area contributed by atoms with Crippen LogP contribution in [-0.4, -0.2) is 57.7 Å². The molecular formula is C17H23ClN2O5S. The fourth-order valence-electron chi connectivity index (χ4n) is 3.23. The number of hydrogen-bond acceptors (Lipinski definition) is 5. The number of carbonyl (C=O) groups excluding carboxylic acids is 1. The Morgan fingerprint density at radius 3 is 2.65 bits per heavy atom. The predicted octanol–water partition coefficient (Wildman–Crippen LogP) is 1.44. The molecule has 7 nitrogen and oxygen atoms in total. The molecule has 1 N–H and O–H groups in total. The van der Waals surface area contributed by atoms with Crippen LogP contribution in [0, 0.1) is 5.92 Å². The minimum absolute atomic E-state index is 0.0261. The molecule has 1 saturated heterocycles. The van der Waals surface area contributed by atoms with Crippen LogP contribution in [0.2, 0.25) is 5.02 Å². The molecule has 3 rings (SSSR count). The summed E-state index contributed by atoms with van der Waals surface area (Å²) in [6.45, 7) is 2.26. The summed E-state index contributed by atoms with van der Waals surface area (Å²) in [6, 6.07) is 3.71. The number of piperidine rings is 1. The monoisotopic (exact) mass is 402 g/mol. The molecular weight excluding hydrogens is 380 g/mol. The fraction of sp³-hybridized carbons (Fsp3) is 0.588. The van der Waals surface area contributed by atoms with E-state index in [1.165, 1.54) is 10.6 Å². The number of nitrogens with one attached hydrogen (secondary N) is 1. The van der Waals surface area contributed by atoms with Crippen LogP contribution in [0.15, 0.2) is 12.1 Å². The lowest BCUT2D eigenvalue weighted by Crippen LogP contribution is -2.42. The zero-order chi connectivity index (χ0) is 18.7. The van der Waals surface area contributed by atoms with Crippen molar-refractivity contribution in [2.75, 3.05) is 39.1 Å². The van der Waals surface area contributed by atoms with Gasteiger partial charge in [0.25, 0.3) is 0 Å². The Hall–Kier alpha value is -1.51. The van der Waals surface area contributed by atoms with E-state index >= 15 is 0 Å². The molecule has 0 atom stereocenters. The smallest absolute Gasteiger partial charge is 0.223 e. The second-order valence-electron chi connectivity index (χ2n) is 6.58. The van der Waals surface area contributed by atoms with Crippen LogP contribution in [0.4, 0.5) is 0 Å².